The third-order valence-corrected chi connectivity index (χ3v) is 2.03. The van der Waals surface area contributed by atoms with Crippen LogP contribution in [0.25, 0.3) is 0 Å². The molecule has 0 bridgehead atoms. The molecule has 1 heterocycles. The summed E-state index contributed by atoms with van der Waals surface area (Å²) in [6.45, 7) is 1.72. The minimum Gasteiger partial charge on any atom is -0.508 e. The molecule has 0 atom stereocenters. The predicted octanol–water partition coefficient (Wildman–Crippen LogP) is 1.58. The Bertz CT molecular complexity index is 546. The summed E-state index contributed by atoms with van der Waals surface area (Å²) < 4.78 is 5.48. The fourth-order valence-corrected chi connectivity index (χ4v) is 1.21. The van der Waals surface area contributed by atoms with Crippen molar-refractivity contribution in [2.75, 3.05) is 0 Å². The minimum atomic E-state index is -0.407. The van der Waals surface area contributed by atoms with Gasteiger partial charge in [-0.25, -0.2) is 4.79 Å². The van der Waals surface area contributed by atoms with Gasteiger partial charge in [-0.1, -0.05) is 0 Å². The van der Waals surface area contributed by atoms with Gasteiger partial charge in [0.25, 0.3) is 0 Å². The molecule has 0 saturated carbocycles. The number of phenolic OH excluding ortho intramolecular Hbond substituents is 1. The maximum atomic E-state index is 10.9. The SMILES string of the molecule is Cc1[nH]c(=O)ncc1Oc1ccc(O)cc1. The van der Waals surface area contributed by atoms with E-state index in [2.05, 4.69) is 9.97 Å². The first kappa shape index (κ1) is 10.2. The highest BCUT2D eigenvalue weighted by Gasteiger charge is 2.02. The highest BCUT2D eigenvalue weighted by Crippen LogP contribution is 2.23. The van der Waals surface area contributed by atoms with Gasteiger partial charge in [0.15, 0.2) is 5.75 Å². The molecule has 1 aromatic carbocycles. The molecule has 0 aliphatic heterocycles. The quantitative estimate of drug-likeness (QED) is 0.802. The van der Waals surface area contributed by atoms with Crippen molar-refractivity contribution in [2.24, 2.45) is 0 Å². The Kier molecular flexibility index (Phi) is 2.59. The van der Waals surface area contributed by atoms with Crippen LogP contribution in [0, 0.1) is 6.92 Å². The van der Waals surface area contributed by atoms with Gasteiger partial charge < -0.3 is 14.8 Å². The Labute approximate surface area is 91.4 Å². The summed E-state index contributed by atoms with van der Waals surface area (Å²) in [4.78, 5) is 17.0. The summed E-state index contributed by atoms with van der Waals surface area (Å²) >= 11 is 0. The molecule has 0 spiro atoms. The molecule has 16 heavy (non-hydrogen) atoms. The van der Waals surface area contributed by atoms with Gasteiger partial charge in [-0.2, -0.15) is 4.98 Å². The fraction of sp³-hybridized carbons (Fsp3) is 0.0909. The summed E-state index contributed by atoms with van der Waals surface area (Å²) in [6.07, 6.45) is 1.36. The average Bonchev–Trinajstić information content (AvgIpc) is 2.25. The van der Waals surface area contributed by atoms with E-state index in [1.165, 1.54) is 18.3 Å². The number of aromatic amines is 1. The molecule has 5 nitrogen and oxygen atoms in total. The summed E-state index contributed by atoms with van der Waals surface area (Å²) in [7, 11) is 0. The lowest BCUT2D eigenvalue weighted by Crippen LogP contribution is -2.10. The van der Waals surface area contributed by atoms with E-state index >= 15 is 0 Å². The van der Waals surface area contributed by atoms with Gasteiger partial charge in [-0.15, -0.1) is 0 Å². The van der Waals surface area contributed by atoms with Crippen LogP contribution < -0.4 is 10.4 Å². The van der Waals surface area contributed by atoms with Crippen LogP contribution in [0.2, 0.25) is 0 Å². The second-order valence-electron chi connectivity index (χ2n) is 3.27. The Balaban J connectivity index is 2.27. The number of aromatic nitrogens is 2. The smallest absolute Gasteiger partial charge is 0.345 e. The van der Waals surface area contributed by atoms with Crippen molar-refractivity contribution >= 4 is 0 Å². The number of nitrogens with zero attached hydrogens (tertiary/aromatic N) is 1. The molecule has 5 heteroatoms. The Morgan fingerprint density at radius 3 is 2.62 bits per heavy atom. The second kappa shape index (κ2) is 4.06. The van der Waals surface area contributed by atoms with Gasteiger partial charge in [0.2, 0.25) is 0 Å². The average molecular weight is 218 g/mol. The van der Waals surface area contributed by atoms with Crippen LogP contribution in [0.1, 0.15) is 5.69 Å². The van der Waals surface area contributed by atoms with Crippen molar-refractivity contribution in [1.29, 1.82) is 0 Å². The number of hydrogen-bond acceptors (Lipinski definition) is 4. The molecule has 2 rings (SSSR count). The predicted molar refractivity (Wildman–Crippen MR) is 57.8 cm³/mol. The molecule has 0 radical (unpaired) electrons. The number of rotatable bonds is 2. The van der Waals surface area contributed by atoms with E-state index in [-0.39, 0.29) is 5.75 Å². The van der Waals surface area contributed by atoms with E-state index in [1.807, 2.05) is 0 Å². The van der Waals surface area contributed by atoms with E-state index in [1.54, 1.807) is 19.1 Å². The first-order valence-electron chi connectivity index (χ1n) is 4.68. The summed E-state index contributed by atoms with van der Waals surface area (Å²) in [6, 6.07) is 6.29. The highest BCUT2D eigenvalue weighted by atomic mass is 16.5. The van der Waals surface area contributed by atoms with Crippen LogP contribution >= 0.6 is 0 Å². The molecular weight excluding hydrogens is 208 g/mol. The van der Waals surface area contributed by atoms with Crippen LogP contribution in [0.3, 0.4) is 0 Å². The van der Waals surface area contributed by atoms with E-state index < -0.39 is 5.69 Å². The van der Waals surface area contributed by atoms with Gasteiger partial charge in [-0.05, 0) is 31.2 Å². The maximum Gasteiger partial charge on any atom is 0.345 e. The van der Waals surface area contributed by atoms with Crippen molar-refractivity contribution < 1.29 is 9.84 Å². The van der Waals surface area contributed by atoms with E-state index in [0.29, 0.717) is 17.2 Å². The van der Waals surface area contributed by atoms with E-state index in [9.17, 15) is 4.79 Å². The lowest BCUT2D eigenvalue weighted by Gasteiger charge is -2.06. The Morgan fingerprint density at radius 1 is 1.31 bits per heavy atom. The molecule has 0 aliphatic rings. The number of ether oxygens (including phenoxy) is 1. The number of aromatic hydroxyl groups is 1. The molecule has 2 aromatic rings. The third-order valence-electron chi connectivity index (χ3n) is 2.03. The van der Waals surface area contributed by atoms with Crippen LogP contribution in [-0.2, 0) is 0 Å². The molecule has 0 fully saturated rings. The van der Waals surface area contributed by atoms with E-state index in [0.717, 1.165) is 0 Å². The number of phenols is 1. The van der Waals surface area contributed by atoms with Crippen molar-refractivity contribution in [1.82, 2.24) is 9.97 Å². The first-order valence-corrected chi connectivity index (χ1v) is 4.68. The largest absolute Gasteiger partial charge is 0.508 e. The van der Waals surface area contributed by atoms with Crippen molar-refractivity contribution in [3.8, 4) is 17.2 Å². The molecule has 1 aromatic heterocycles. The van der Waals surface area contributed by atoms with Gasteiger partial charge in [0.1, 0.15) is 11.5 Å². The Morgan fingerprint density at radius 2 is 2.00 bits per heavy atom. The topological polar surface area (TPSA) is 75.2 Å². The molecule has 0 unspecified atom stereocenters. The summed E-state index contributed by atoms with van der Waals surface area (Å²) in [5.41, 5.74) is 0.198. The zero-order valence-electron chi connectivity index (χ0n) is 8.60. The lowest BCUT2D eigenvalue weighted by atomic mass is 10.3. The number of H-pyrrole nitrogens is 1. The van der Waals surface area contributed by atoms with Gasteiger partial charge in [0, 0.05) is 0 Å². The van der Waals surface area contributed by atoms with Crippen molar-refractivity contribution in [3.05, 3.63) is 46.6 Å². The summed E-state index contributed by atoms with van der Waals surface area (Å²) in [5, 5.41) is 9.10. The minimum absolute atomic E-state index is 0.170. The monoisotopic (exact) mass is 218 g/mol. The van der Waals surface area contributed by atoms with Crippen LogP contribution in [0.15, 0.2) is 35.3 Å². The lowest BCUT2D eigenvalue weighted by molar-refractivity contribution is 0.459. The van der Waals surface area contributed by atoms with Crippen LogP contribution in [0.5, 0.6) is 17.2 Å². The van der Waals surface area contributed by atoms with E-state index in [4.69, 9.17) is 9.84 Å². The molecule has 0 aliphatic carbocycles. The molecule has 0 amide bonds. The van der Waals surface area contributed by atoms with Crippen LogP contribution in [-0.4, -0.2) is 15.1 Å². The standard InChI is InChI=1S/C11H10N2O3/c1-7-10(6-12-11(15)13-7)16-9-4-2-8(14)3-5-9/h2-6,14H,1H3,(H,12,13,15). The van der Waals surface area contributed by atoms with Crippen molar-refractivity contribution in [2.45, 2.75) is 6.92 Å². The summed E-state index contributed by atoms with van der Waals surface area (Å²) in [5.74, 6) is 1.21. The zero-order valence-corrected chi connectivity index (χ0v) is 8.60. The second-order valence-corrected chi connectivity index (χ2v) is 3.27. The zero-order chi connectivity index (χ0) is 11.5. The molecule has 82 valence electrons. The number of nitrogens with one attached hydrogen (secondary N) is 1. The molecule has 2 N–H and O–H groups in total. The molecule has 0 saturated heterocycles. The number of aryl methyl sites for hydroxylation is 1. The number of hydrogen-bond donors (Lipinski definition) is 2. The van der Waals surface area contributed by atoms with Gasteiger partial charge >= 0.3 is 5.69 Å². The van der Waals surface area contributed by atoms with Crippen LogP contribution in [0.4, 0.5) is 0 Å². The molecular formula is C11H10N2O3. The van der Waals surface area contributed by atoms with Crippen molar-refractivity contribution in [3.63, 3.8) is 0 Å². The Hall–Kier alpha value is -2.30. The first-order chi connectivity index (χ1) is 7.65. The third kappa shape index (κ3) is 2.20. The number of benzene rings is 1. The highest BCUT2D eigenvalue weighted by molar-refractivity contribution is 5.34. The van der Waals surface area contributed by atoms with Gasteiger partial charge in [0.05, 0.1) is 11.9 Å². The van der Waals surface area contributed by atoms with Gasteiger partial charge in [-0.3, -0.25) is 0 Å². The fourth-order valence-electron chi connectivity index (χ4n) is 1.21. The maximum absolute atomic E-state index is 10.9. The normalized spacial score (nSPS) is 10.1.